The number of carbonyl (C=O) groups excluding carboxylic acids is 1. The zero-order valence-electron chi connectivity index (χ0n) is 9.20. The van der Waals surface area contributed by atoms with Crippen molar-refractivity contribution < 1.29 is 4.79 Å². The third kappa shape index (κ3) is 3.41. The Morgan fingerprint density at radius 1 is 1.53 bits per heavy atom. The number of rotatable bonds is 4. The summed E-state index contributed by atoms with van der Waals surface area (Å²) in [6.45, 7) is 0. The molecule has 0 heterocycles. The Kier molecular flexibility index (Phi) is 3.64. The van der Waals surface area contributed by atoms with Crippen LogP contribution < -0.4 is 11.1 Å². The molecular formula is C12H13ClN2OS. The average Bonchev–Trinajstić information content (AvgIpc) is 3.00. The molecule has 1 aromatic carbocycles. The van der Waals surface area contributed by atoms with Crippen LogP contribution >= 0.6 is 23.8 Å². The van der Waals surface area contributed by atoms with E-state index in [1.165, 1.54) is 0 Å². The fraction of sp³-hybridized carbons (Fsp3) is 0.333. The van der Waals surface area contributed by atoms with E-state index in [-0.39, 0.29) is 10.9 Å². The van der Waals surface area contributed by atoms with Gasteiger partial charge in [-0.15, -0.1) is 0 Å². The van der Waals surface area contributed by atoms with Crippen LogP contribution in [0.2, 0.25) is 5.02 Å². The first-order chi connectivity index (χ1) is 8.06. The Hall–Kier alpha value is -1.13. The van der Waals surface area contributed by atoms with Crippen molar-refractivity contribution >= 4 is 40.4 Å². The molecule has 1 fully saturated rings. The third-order valence-electron chi connectivity index (χ3n) is 2.69. The minimum atomic E-state index is 0.0339. The SMILES string of the molecule is NC(=S)c1ccc(NC(=O)CC2CC2)cc1Cl. The fourth-order valence-electron chi connectivity index (χ4n) is 1.59. The second-order valence-corrected chi connectivity index (χ2v) is 5.10. The zero-order chi connectivity index (χ0) is 12.4. The van der Waals surface area contributed by atoms with Crippen molar-refractivity contribution in [1.82, 2.24) is 0 Å². The van der Waals surface area contributed by atoms with Crippen molar-refractivity contribution in [2.45, 2.75) is 19.3 Å². The number of carbonyl (C=O) groups is 1. The van der Waals surface area contributed by atoms with E-state index in [2.05, 4.69) is 5.32 Å². The van der Waals surface area contributed by atoms with E-state index in [9.17, 15) is 4.79 Å². The lowest BCUT2D eigenvalue weighted by Crippen LogP contribution is -2.13. The number of hydrogen-bond donors (Lipinski definition) is 2. The standard InChI is InChI=1S/C12H13ClN2OS/c13-10-6-8(3-4-9(10)12(14)17)15-11(16)5-7-1-2-7/h3-4,6-7H,1-2,5H2,(H2,14,17)(H,15,16). The van der Waals surface area contributed by atoms with Crippen molar-refractivity contribution in [3.8, 4) is 0 Å². The summed E-state index contributed by atoms with van der Waals surface area (Å²) in [7, 11) is 0. The minimum absolute atomic E-state index is 0.0339. The summed E-state index contributed by atoms with van der Waals surface area (Å²) < 4.78 is 0. The molecule has 1 saturated carbocycles. The van der Waals surface area contributed by atoms with Crippen LogP contribution in [-0.4, -0.2) is 10.9 Å². The molecule has 0 aliphatic heterocycles. The minimum Gasteiger partial charge on any atom is -0.389 e. The van der Waals surface area contributed by atoms with Gasteiger partial charge in [-0.3, -0.25) is 4.79 Å². The number of halogens is 1. The fourth-order valence-corrected chi connectivity index (χ4v) is 2.11. The Balaban J connectivity index is 2.03. The van der Waals surface area contributed by atoms with E-state index >= 15 is 0 Å². The van der Waals surface area contributed by atoms with Crippen LogP contribution in [0.1, 0.15) is 24.8 Å². The summed E-state index contributed by atoms with van der Waals surface area (Å²) in [5.74, 6) is 0.605. The molecule has 90 valence electrons. The van der Waals surface area contributed by atoms with Crippen LogP contribution in [0, 0.1) is 5.92 Å². The van der Waals surface area contributed by atoms with E-state index in [1.54, 1.807) is 18.2 Å². The molecule has 3 nitrogen and oxygen atoms in total. The molecule has 3 N–H and O–H groups in total. The normalized spacial score (nSPS) is 14.4. The molecular weight excluding hydrogens is 256 g/mol. The average molecular weight is 269 g/mol. The quantitative estimate of drug-likeness (QED) is 0.826. The first kappa shape index (κ1) is 12.3. The Morgan fingerprint density at radius 3 is 2.76 bits per heavy atom. The molecule has 17 heavy (non-hydrogen) atoms. The molecule has 0 spiro atoms. The second kappa shape index (κ2) is 5.02. The molecule has 1 aliphatic rings. The molecule has 0 atom stereocenters. The number of nitrogens with two attached hydrogens (primary N) is 1. The molecule has 0 saturated heterocycles. The van der Waals surface area contributed by atoms with Gasteiger partial charge < -0.3 is 11.1 Å². The summed E-state index contributed by atoms with van der Waals surface area (Å²) in [5.41, 5.74) is 6.81. The maximum atomic E-state index is 11.6. The zero-order valence-corrected chi connectivity index (χ0v) is 10.8. The Labute approximate surface area is 110 Å². The lowest BCUT2D eigenvalue weighted by Gasteiger charge is -2.07. The van der Waals surface area contributed by atoms with Crippen molar-refractivity contribution in [2.75, 3.05) is 5.32 Å². The molecule has 0 unspecified atom stereocenters. The second-order valence-electron chi connectivity index (χ2n) is 4.25. The monoisotopic (exact) mass is 268 g/mol. The van der Waals surface area contributed by atoms with Crippen molar-refractivity contribution in [1.29, 1.82) is 0 Å². The van der Waals surface area contributed by atoms with Crippen LogP contribution in [0.25, 0.3) is 0 Å². The smallest absolute Gasteiger partial charge is 0.224 e. The van der Waals surface area contributed by atoms with Gasteiger partial charge in [-0.05, 0) is 37.0 Å². The van der Waals surface area contributed by atoms with Gasteiger partial charge in [-0.25, -0.2) is 0 Å². The van der Waals surface area contributed by atoms with Crippen molar-refractivity contribution in [2.24, 2.45) is 11.7 Å². The lowest BCUT2D eigenvalue weighted by molar-refractivity contribution is -0.116. The number of benzene rings is 1. The molecule has 0 aromatic heterocycles. The van der Waals surface area contributed by atoms with E-state index in [0.29, 0.717) is 28.6 Å². The molecule has 1 aromatic rings. The number of thiocarbonyl (C=S) groups is 1. The van der Waals surface area contributed by atoms with E-state index < -0.39 is 0 Å². The first-order valence-electron chi connectivity index (χ1n) is 5.45. The Bertz CT molecular complexity index is 472. The predicted molar refractivity (Wildman–Crippen MR) is 73.3 cm³/mol. The molecule has 1 aliphatic carbocycles. The predicted octanol–water partition coefficient (Wildman–Crippen LogP) is 2.71. The molecule has 2 rings (SSSR count). The van der Waals surface area contributed by atoms with Gasteiger partial charge in [0.15, 0.2) is 0 Å². The van der Waals surface area contributed by atoms with E-state index in [4.69, 9.17) is 29.6 Å². The highest BCUT2D eigenvalue weighted by molar-refractivity contribution is 7.80. The molecule has 5 heteroatoms. The highest BCUT2D eigenvalue weighted by Crippen LogP contribution is 2.32. The number of amides is 1. The van der Waals surface area contributed by atoms with Gasteiger partial charge in [0.25, 0.3) is 0 Å². The maximum Gasteiger partial charge on any atom is 0.224 e. The number of nitrogens with one attached hydrogen (secondary N) is 1. The molecule has 0 bridgehead atoms. The van der Waals surface area contributed by atoms with Crippen LogP contribution in [0.3, 0.4) is 0 Å². The first-order valence-corrected chi connectivity index (χ1v) is 6.24. The van der Waals surface area contributed by atoms with Crippen LogP contribution in [0.15, 0.2) is 18.2 Å². The third-order valence-corrected chi connectivity index (χ3v) is 3.22. The summed E-state index contributed by atoms with van der Waals surface area (Å²) in [5, 5.41) is 3.27. The maximum absolute atomic E-state index is 11.6. The number of hydrogen-bond acceptors (Lipinski definition) is 2. The van der Waals surface area contributed by atoms with Gasteiger partial charge in [0.1, 0.15) is 4.99 Å². The van der Waals surface area contributed by atoms with Gasteiger partial charge in [0, 0.05) is 17.7 Å². The lowest BCUT2D eigenvalue weighted by atomic mass is 10.2. The summed E-state index contributed by atoms with van der Waals surface area (Å²) >= 11 is 10.9. The summed E-state index contributed by atoms with van der Waals surface area (Å²) in [4.78, 5) is 11.8. The van der Waals surface area contributed by atoms with Crippen LogP contribution in [-0.2, 0) is 4.79 Å². The van der Waals surface area contributed by atoms with Crippen LogP contribution in [0.5, 0.6) is 0 Å². The molecule has 0 radical (unpaired) electrons. The summed E-state index contributed by atoms with van der Waals surface area (Å²) in [6, 6.07) is 5.14. The van der Waals surface area contributed by atoms with E-state index in [1.807, 2.05) is 0 Å². The summed E-state index contributed by atoms with van der Waals surface area (Å²) in [6.07, 6.45) is 2.91. The van der Waals surface area contributed by atoms with Gasteiger partial charge in [0.05, 0.1) is 5.02 Å². The van der Waals surface area contributed by atoms with Gasteiger partial charge in [-0.2, -0.15) is 0 Å². The molecule has 1 amide bonds. The largest absolute Gasteiger partial charge is 0.389 e. The Morgan fingerprint density at radius 2 is 2.24 bits per heavy atom. The van der Waals surface area contributed by atoms with Crippen molar-refractivity contribution in [3.05, 3.63) is 28.8 Å². The van der Waals surface area contributed by atoms with Gasteiger partial charge >= 0.3 is 0 Å². The number of anilines is 1. The highest BCUT2D eigenvalue weighted by atomic mass is 35.5. The highest BCUT2D eigenvalue weighted by Gasteiger charge is 2.24. The van der Waals surface area contributed by atoms with Crippen molar-refractivity contribution in [3.63, 3.8) is 0 Å². The topological polar surface area (TPSA) is 55.1 Å². The van der Waals surface area contributed by atoms with Gasteiger partial charge in [0.2, 0.25) is 5.91 Å². The van der Waals surface area contributed by atoms with Crippen LogP contribution in [0.4, 0.5) is 5.69 Å². The van der Waals surface area contributed by atoms with Gasteiger partial charge in [-0.1, -0.05) is 23.8 Å². The van der Waals surface area contributed by atoms with E-state index in [0.717, 1.165) is 12.8 Å².